The number of hydrogen-bond acceptors (Lipinski definition) is 4. The fourth-order valence-electron chi connectivity index (χ4n) is 5.79. The maximum atomic E-state index is 13.7. The zero-order valence-electron chi connectivity index (χ0n) is 25.4. The smallest absolute Gasteiger partial charge is 0.328 e. The molecule has 0 aromatic heterocycles. The van der Waals surface area contributed by atoms with Crippen molar-refractivity contribution in [3.63, 3.8) is 0 Å². The predicted molar refractivity (Wildman–Crippen MR) is 173 cm³/mol. The summed E-state index contributed by atoms with van der Waals surface area (Å²) in [5.41, 5.74) is 4.49. The molecular formula is C38H36F2N2O3. The molecule has 1 fully saturated rings. The lowest BCUT2D eigenvalue weighted by atomic mass is 9.88. The molecule has 1 amide bonds. The number of alkyl halides is 2. The number of piperidine rings is 1. The van der Waals surface area contributed by atoms with Gasteiger partial charge < -0.3 is 10.1 Å². The van der Waals surface area contributed by atoms with Crippen molar-refractivity contribution in [3.05, 3.63) is 125 Å². The lowest BCUT2D eigenvalue weighted by Crippen LogP contribution is -2.40. The Morgan fingerprint density at radius 3 is 2.20 bits per heavy atom. The van der Waals surface area contributed by atoms with Gasteiger partial charge in [-0.2, -0.15) is 0 Å². The number of carbonyl (C=O) groups excluding carboxylic acids is 2. The SMILES string of the molecule is CC#CCOC(=O)C(c1ccccc1)N1CCC(c2ccc(NC(=O)c3ccccc3-c3ccc(C(C)(F)F)cc3)cc2)CC1. The van der Waals surface area contributed by atoms with E-state index in [4.69, 9.17) is 4.74 Å². The molecule has 0 spiro atoms. The monoisotopic (exact) mass is 606 g/mol. The number of benzene rings is 4. The number of nitrogens with zero attached hydrogens (tertiary/aromatic N) is 1. The second-order valence-corrected chi connectivity index (χ2v) is 11.2. The molecule has 0 saturated carbocycles. The molecule has 7 heteroatoms. The molecule has 1 unspecified atom stereocenters. The summed E-state index contributed by atoms with van der Waals surface area (Å²) in [6.07, 6.45) is 1.76. The van der Waals surface area contributed by atoms with Crippen molar-refractivity contribution >= 4 is 17.6 Å². The van der Waals surface area contributed by atoms with Gasteiger partial charge in [0.2, 0.25) is 0 Å². The third-order valence-electron chi connectivity index (χ3n) is 8.21. The number of ether oxygens (including phenoxy) is 1. The molecule has 4 aromatic rings. The van der Waals surface area contributed by atoms with Crippen LogP contribution in [0.1, 0.15) is 65.7 Å². The Balaban J connectivity index is 1.22. The van der Waals surface area contributed by atoms with Crippen LogP contribution in [-0.4, -0.2) is 36.5 Å². The zero-order valence-corrected chi connectivity index (χ0v) is 25.4. The largest absolute Gasteiger partial charge is 0.451 e. The van der Waals surface area contributed by atoms with Crippen LogP contribution in [-0.2, 0) is 15.5 Å². The first-order chi connectivity index (χ1) is 21.7. The van der Waals surface area contributed by atoms with Crippen LogP contribution in [0.15, 0.2) is 103 Å². The maximum Gasteiger partial charge on any atom is 0.328 e. The first kappa shape index (κ1) is 31.6. The third kappa shape index (κ3) is 7.84. The number of amides is 1. The van der Waals surface area contributed by atoms with Crippen LogP contribution in [0.2, 0.25) is 0 Å². The van der Waals surface area contributed by atoms with Crippen molar-refractivity contribution in [2.45, 2.75) is 44.6 Å². The Labute approximate surface area is 263 Å². The van der Waals surface area contributed by atoms with Gasteiger partial charge in [-0.15, -0.1) is 5.92 Å². The van der Waals surface area contributed by atoms with Gasteiger partial charge >= 0.3 is 5.97 Å². The maximum absolute atomic E-state index is 13.7. The van der Waals surface area contributed by atoms with E-state index in [1.54, 1.807) is 31.2 Å². The first-order valence-electron chi connectivity index (χ1n) is 15.1. The van der Waals surface area contributed by atoms with E-state index in [1.807, 2.05) is 66.7 Å². The zero-order chi connectivity index (χ0) is 31.8. The van der Waals surface area contributed by atoms with Crippen molar-refractivity contribution < 1.29 is 23.1 Å². The summed E-state index contributed by atoms with van der Waals surface area (Å²) in [6.45, 7) is 4.14. The number of halogens is 2. The average molecular weight is 607 g/mol. The fraction of sp³-hybridized carbons (Fsp3) is 0.263. The molecule has 4 aromatic carbocycles. The van der Waals surface area contributed by atoms with Crippen molar-refractivity contribution in [2.75, 3.05) is 25.0 Å². The Bertz CT molecular complexity index is 1660. The number of nitrogens with one attached hydrogen (secondary N) is 1. The molecule has 1 atom stereocenters. The van der Waals surface area contributed by atoms with Crippen LogP contribution < -0.4 is 5.32 Å². The Morgan fingerprint density at radius 2 is 1.56 bits per heavy atom. The Kier molecular flexibility index (Phi) is 10.1. The second kappa shape index (κ2) is 14.3. The van der Waals surface area contributed by atoms with Gasteiger partial charge in [-0.3, -0.25) is 9.69 Å². The highest BCUT2D eigenvalue weighted by Gasteiger charge is 2.32. The number of hydrogen-bond donors (Lipinski definition) is 1. The van der Waals surface area contributed by atoms with E-state index in [9.17, 15) is 18.4 Å². The molecule has 1 saturated heterocycles. The van der Waals surface area contributed by atoms with E-state index in [-0.39, 0.29) is 24.0 Å². The van der Waals surface area contributed by atoms with E-state index in [1.165, 1.54) is 17.7 Å². The van der Waals surface area contributed by atoms with Gasteiger partial charge in [0.1, 0.15) is 6.04 Å². The molecule has 230 valence electrons. The average Bonchev–Trinajstić information content (AvgIpc) is 3.06. The summed E-state index contributed by atoms with van der Waals surface area (Å²) >= 11 is 0. The highest BCUT2D eigenvalue weighted by atomic mass is 19.3. The van der Waals surface area contributed by atoms with Crippen molar-refractivity contribution in [2.24, 2.45) is 0 Å². The van der Waals surface area contributed by atoms with Crippen molar-refractivity contribution in [1.29, 1.82) is 0 Å². The molecule has 0 radical (unpaired) electrons. The summed E-state index contributed by atoms with van der Waals surface area (Å²) in [7, 11) is 0. The number of esters is 1. The summed E-state index contributed by atoms with van der Waals surface area (Å²) in [4.78, 5) is 28.5. The number of carbonyl (C=O) groups is 2. The molecular weight excluding hydrogens is 570 g/mol. The number of likely N-dealkylation sites (tertiary alicyclic amines) is 1. The van der Waals surface area contributed by atoms with Crippen LogP contribution in [0.3, 0.4) is 0 Å². The normalized spacial score (nSPS) is 14.6. The van der Waals surface area contributed by atoms with E-state index in [0.717, 1.165) is 38.4 Å². The van der Waals surface area contributed by atoms with Crippen LogP contribution in [0.5, 0.6) is 0 Å². The highest BCUT2D eigenvalue weighted by Crippen LogP contribution is 2.34. The number of anilines is 1. The molecule has 1 aliphatic rings. The van der Waals surface area contributed by atoms with Crippen LogP contribution in [0.25, 0.3) is 11.1 Å². The van der Waals surface area contributed by atoms with Gasteiger partial charge in [0.25, 0.3) is 11.8 Å². The Hall–Kier alpha value is -4.80. The summed E-state index contributed by atoms with van der Waals surface area (Å²) < 4.78 is 32.9. The van der Waals surface area contributed by atoms with Crippen LogP contribution >= 0.6 is 0 Å². The third-order valence-corrected chi connectivity index (χ3v) is 8.21. The van der Waals surface area contributed by atoms with Gasteiger partial charge in [0, 0.05) is 23.7 Å². The van der Waals surface area contributed by atoms with E-state index < -0.39 is 12.0 Å². The highest BCUT2D eigenvalue weighted by molar-refractivity contribution is 6.08. The standard InChI is InChI=1S/C38H36F2N2O3/c1-3-4-26-45-37(44)35(30-10-6-5-7-11-30)42-24-22-28(23-25-42)27-16-20-32(21-17-27)41-36(43)34-13-9-8-12-33(34)29-14-18-31(19-15-29)38(2,39)40/h5-21,28,35H,22-26H2,1-2H3,(H,41,43). The summed E-state index contributed by atoms with van der Waals surface area (Å²) in [5.74, 6) is 2.38. The quantitative estimate of drug-likeness (QED) is 0.154. The minimum atomic E-state index is -2.93. The molecule has 1 N–H and O–H groups in total. The fourth-order valence-corrected chi connectivity index (χ4v) is 5.79. The van der Waals surface area contributed by atoms with Gasteiger partial charge in [-0.25, -0.2) is 13.6 Å². The van der Waals surface area contributed by atoms with E-state index in [2.05, 4.69) is 22.1 Å². The van der Waals surface area contributed by atoms with Gasteiger partial charge in [0.15, 0.2) is 6.61 Å². The first-order valence-corrected chi connectivity index (χ1v) is 15.1. The predicted octanol–water partition coefficient (Wildman–Crippen LogP) is 8.20. The lowest BCUT2D eigenvalue weighted by Gasteiger charge is -2.36. The summed E-state index contributed by atoms with van der Waals surface area (Å²) in [6, 6.07) is 30.3. The Morgan fingerprint density at radius 1 is 0.911 bits per heavy atom. The molecule has 0 bridgehead atoms. The van der Waals surface area contributed by atoms with Gasteiger partial charge in [0.05, 0.1) is 0 Å². The molecule has 1 aliphatic heterocycles. The number of rotatable bonds is 9. The van der Waals surface area contributed by atoms with Crippen molar-refractivity contribution in [3.8, 4) is 23.0 Å². The van der Waals surface area contributed by atoms with Crippen LogP contribution in [0, 0.1) is 11.8 Å². The van der Waals surface area contributed by atoms with Crippen molar-refractivity contribution in [1.82, 2.24) is 4.90 Å². The second-order valence-electron chi connectivity index (χ2n) is 11.2. The molecule has 45 heavy (non-hydrogen) atoms. The van der Waals surface area contributed by atoms with E-state index in [0.29, 0.717) is 28.3 Å². The topological polar surface area (TPSA) is 58.6 Å². The lowest BCUT2D eigenvalue weighted by molar-refractivity contribution is -0.149. The molecule has 1 heterocycles. The molecule has 5 nitrogen and oxygen atoms in total. The van der Waals surface area contributed by atoms with Gasteiger partial charge in [-0.05, 0) is 79.2 Å². The van der Waals surface area contributed by atoms with E-state index >= 15 is 0 Å². The minimum Gasteiger partial charge on any atom is -0.451 e. The van der Waals surface area contributed by atoms with Crippen LogP contribution in [0.4, 0.5) is 14.5 Å². The minimum absolute atomic E-state index is 0.0739. The summed E-state index contributed by atoms with van der Waals surface area (Å²) in [5, 5.41) is 2.98. The molecule has 0 aliphatic carbocycles. The molecule has 5 rings (SSSR count). The van der Waals surface area contributed by atoms with Gasteiger partial charge in [-0.1, -0.05) is 90.8 Å².